The van der Waals surface area contributed by atoms with Gasteiger partial charge in [-0.2, -0.15) is 0 Å². The number of hydrogen-bond donors (Lipinski definition) is 1. The number of carbonyl (C=O) groups is 1. The molecule has 2 rings (SSSR count). The maximum atomic E-state index is 11.6. The summed E-state index contributed by atoms with van der Waals surface area (Å²) in [6.45, 7) is 4.11. The van der Waals surface area contributed by atoms with Gasteiger partial charge in [-0.25, -0.2) is 0 Å². The van der Waals surface area contributed by atoms with Crippen LogP contribution in [0.5, 0.6) is 5.75 Å². The molecule has 21 heavy (non-hydrogen) atoms. The lowest BCUT2D eigenvalue weighted by molar-refractivity contribution is -0.123. The minimum absolute atomic E-state index is 0.0179. The molecule has 0 spiro atoms. The Kier molecular flexibility index (Phi) is 6.33. The largest absolute Gasteiger partial charge is 0.484 e. The van der Waals surface area contributed by atoms with Crippen molar-refractivity contribution >= 4 is 17.5 Å². The molecule has 1 fully saturated rings. The highest BCUT2D eigenvalue weighted by atomic mass is 35.5. The Hall–Kier alpha value is -1.26. The lowest BCUT2D eigenvalue weighted by atomic mass is 10.2. The van der Waals surface area contributed by atoms with Gasteiger partial charge < -0.3 is 14.8 Å². The summed E-state index contributed by atoms with van der Waals surface area (Å²) in [5.74, 6) is 1.32. The molecule has 5 heteroatoms. The molecule has 0 radical (unpaired) electrons. The van der Waals surface area contributed by atoms with Gasteiger partial charge in [0.25, 0.3) is 5.91 Å². The van der Waals surface area contributed by atoms with Gasteiger partial charge in [-0.1, -0.05) is 11.6 Å². The summed E-state index contributed by atoms with van der Waals surface area (Å²) in [5, 5.41) is 3.51. The van der Waals surface area contributed by atoms with Crippen LogP contribution in [0.25, 0.3) is 0 Å². The van der Waals surface area contributed by atoms with E-state index in [1.54, 1.807) is 12.1 Å². The maximum absolute atomic E-state index is 11.6. The van der Waals surface area contributed by atoms with Gasteiger partial charge in [0.15, 0.2) is 6.61 Å². The molecular formula is C16H22ClNO3. The Morgan fingerprint density at radius 3 is 2.95 bits per heavy atom. The number of carbonyl (C=O) groups excluding carboxylic acids is 1. The third kappa shape index (κ3) is 6.36. The van der Waals surface area contributed by atoms with Gasteiger partial charge in [0.2, 0.25) is 0 Å². The van der Waals surface area contributed by atoms with Crippen molar-refractivity contribution in [2.75, 3.05) is 26.4 Å². The molecule has 0 aliphatic heterocycles. The van der Waals surface area contributed by atoms with Crippen LogP contribution in [0.2, 0.25) is 5.02 Å². The maximum Gasteiger partial charge on any atom is 0.257 e. The highest BCUT2D eigenvalue weighted by molar-refractivity contribution is 6.31. The molecule has 1 aromatic rings. The lowest BCUT2D eigenvalue weighted by Crippen LogP contribution is -2.30. The Bertz CT molecular complexity index is 475. The van der Waals surface area contributed by atoms with E-state index in [0.29, 0.717) is 23.9 Å². The number of amides is 1. The van der Waals surface area contributed by atoms with Crippen LogP contribution in [-0.2, 0) is 9.53 Å². The molecule has 4 nitrogen and oxygen atoms in total. The molecule has 1 aliphatic rings. The van der Waals surface area contributed by atoms with Crippen LogP contribution in [0.4, 0.5) is 0 Å². The van der Waals surface area contributed by atoms with E-state index in [1.165, 1.54) is 12.8 Å². The summed E-state index contributed by atoms with van der Waals surface area (Å²) >= 11 is 5.93. The van der Waals surface area contributed by atoms with Crippen molar-refractivity contribution in [3.8, 4) is 5.75 Å². The summed E-state index contributed by atoms with van der Waals surface area (Å²) in [5.41, 5.74) is 0.933. The molecule has 0 unspecified atom stereocenters. The molecule has 1 saturated carbocycles. The van der Waals surface area contributed by atoms with Gasteiger partial charge in [-0.15, -0.1) is 0 Å². The summed E-state index contributed by atoms with van der Waals surface area (Å²) in [4.78, 5) is 11.6. The van der Waals surface area contributed by atoms with Crippen molar-refractivity contribution in [2.24, 2.45) is 5.92 Å². The smallest absolute Gasteiger partial charge is 0.257 e. The topological polar surface area (TPSA) is 47.6 Å². The van der Waals surface area contributed by atoms with Gasteiger partial charge in [0.1, 0.15) is 5.75 Å². The molecule has 1 aliphatic carbocycles. The Morgan fingerprint density at radius 2 is 2.24 bits per heavy atom. The monoisotopic (exact) mass is 311 g/mol. The van der Waals surface area contributed by atoms with E-state index >= 15 is 0 Å². The molecule has 116 valence electrons. The second-order valence-corrected chi connectivity index (χ2v) is 5.83. The normalized spacial score (nSPS) is 14.0. The Balaban J connectivity index is 1.53. The van der Waals surface area contributed by atoms with Crippen LogP contribution >= 0.6 is 11.6 Å². The van der Waals surface area contributed by atoms with Crippen LogP contribution in [0.3, 0.4) is 0 Å². The fraction of sp³-hybridized carbons (Fsp3) is 0.562. The SMILES string of the molecule is Cc1cc(OCC(=O)NCCCOCC2CC2)ccc1Cl. The first-order valence-electron chi connectivity index (χ1n) is 7.38. The highest BCUT2D eigenvalue weighted by Crippen LogP contribution is 2.28. The first-order chi connectivity index (χ1) is 10.1. The summed E-state index contributed by atoms with van der Waals surface area (Å²) in [6, 6.07) is 5.34. The number of nitrogens with one attached hydrogen (secondary N) is 1. The van der Waals surface area contributed by atoms with Crippen molar-refractivity contribution in [3.05, 3.63) is 28.8 Å². The summed E-state index contributed by atoms with van der Waals surface area (Å²) in [6.07, 6.45) is 3.44. The quantitative estimate of drug-likeness (QED) is 0.713. The van der Waals surface area contributed by atoms with Crippen LogP contribution in [0, 0.1) is 12.8 Å². The molecule has 0 saturated heterocycles. The molecule has 1 amide bonds. The lowest BCUT2D eigenvalue weighted by Gasteiger charge is -2.09. The van der Waals surface area contributed by atoms with Crippen molar-refractivity contribution in [3.63, 3.8) is 0 Å². The van der Waals surface area contributed by atoms with Crippen molar-refractivity contribution in [1.82, 2.24) is 5.32 Å². The van der Waals surface area contributed by atoms with E-state index in [9.17, 15) is 4.79 Å². The predicted molar refractivity (Wildman–Crippen MR) is 82.9 cm³/mol. The zero-order valence-corrected chi connectivity index (χ0v) is 13.1. The van der Waals surface area contributed by atoms with Crippen LogP contribution in [0.1, 0.15) is 24.8 Å². The Morgan fingerprint density at radius 1 is 1.43 bits per heavy atom. The molecule has 0 aromatic heterocycles. The van der Waals surface area contributed by atoms with Gasteiger partial charge in [-0.05, 0) is 55.9 Å². The van der Waals surface area contributed by atoms with Crippen LogP contribution < -0.4 is 10.1 Å². The second kappa shape index (κ2) is 8.25. The number of aryl methyl sites for hydroxylation is 1. The van der Waals surface area contributed by atoms with Gasteiger partial charge in [-0.3, -0.25) is 4.79 Å². The number of hydrogen-bond acceptors (Lipinski definition) is 3. The number of halogens is 1. The van der Waals surface area contributed by atoms with Crippen LogP contribution in [0.15, 0.2) is 18.2 Å². The Labute approximate surface area is 130 Å². The minimum atomic E-state index is -0.121. The van der Waals surface area contributed by atoms with E-state index in [1.807, 2.05) is 13.0 Å². The van der Waals surface area contributed by atoms with Gasteiger partial charge in [0, 0.05) is 24.8 Å². The number of rotatable bonds is 9. The van der Waals surface area contributed by atoms with E-state index in [0.717, 1.165) is 24.5 Å². The van der Waals surface area contributed by atoms with Crippen LogP contribution in [-0.4, -0.2) is 32.3 Å². The zero-order chi connectivity index (χ0) is 15.1. The fourth-order valence-electron chi connectivity index (χ4n) is 1.84. The van der Waals surface area contributed by atoms with E-state index in [-0.39, 0.29) is 12.5 Å². The highest BCUT2D eigenvalue weighted by Gasteiger charge is 2.20. The third-order valence-corrected chi connectivity index (χ3v) is 3.76. The molecule has 0 atom stereocenters. The molecule has 0 bridgehead atoms. The summed E-state index contributed by atoms with van der Waals surface area (Å²) < 4.78 is 10.9. The van der Waals surface area contributed by atoms with E-state index < -0.39 is 0 Å². The van der Waals surface area contributed by atoms with Crippen molar-refractivity contribution < 1.29 is 14.3 Å². The average Bonchev–Trinajstić information content (AvgIpc) is 3.28. The zero-order valence-electron chi connectivity index (χ0n) is 12.4. The molecule has 0 heterocycles. The predicted octanol–water partition coefficient (Wildman–Crippen LogP) is 2.96. The van der Waals surface area contributed by atoms with E-state index in [2.05, 4.69) is 5.32 Å². The van der Waals surface area contributed by atoms with Gasteiger partial charge in [0.05, 0.1) is 0 Å². The van der Waals surface area contributed by atoms with Gasteiger partial charge >= 0.3 is 0 Å². The summed E-state index contributed by atoms with van der Waals surface area (Å²) in [7, 11) is 0. The standard InChI is InChI=1S/C16H22ClNO3/c1-12-9-14(5-6-15(12)17)21-11-16(19)18-7-2-8-20-10-13-3-4-13/h5-6,9,13H,2-4,7-8,10-11H2,1H3,(H,18,19). The second-order valence-electron chi connectivity index (χ2n) is 5.42. The first kappa shape index (κ1) is 16.1. The molecule has 1 N–H and O–H groups in total. The third-order valence-electron chi connectivity index (χ3n) is 3.34. The number of ether oxygens (including phenoxy) is 2. The average molecular weight is 312 g/mol. The molecular weight excluding hydrogens is 290 g/mol. The minimum Gasteiger partial charge on any atom is -0.484 e. The van der Waals surface area contributed by atoms with Crippen molar-refractivity contribution in [1.29, 1.82) is 0 Å². The first-order valence-corrected chi connectivity index (χ1v) is 7.76. The molecule has 1 aromatic carbocycles. The van der Waals surface area contributed by atoms with Crippen molar-refractivity contribution in [2.45, 2.75) is 26.2 Å². The van der Waals surface area contributed by atoms with E-state index in [4.69, 9.17) is 21.1 Å². The number of benzene rings is 1. The fourth-order valence-corrected chi connectivity index (χ4v) is 1.96.